The number of piperazine rings is 1. The fourth-order valence-electron chi connectivity index (χ4n) is 3.81. The van der Waals surface area contributed by atoms with Gasteiger partial charge in [-0.25, -0.2) is 4.68 Å². The molecule has 4 rings (SSSR count). The van der Waals surface area contributed by atoms with Crippen LogP contribution in [-0.2, 0) is 0 Å². The van der Waals surface area contributed by atoms with Crippen molar-refractivity contribution in [3.05, 3.63) is 46.1 Å². The van der Waals surface area contributed by atoms with E-state index in [0.29, 0.717) is 13.1 Å². The van der Waals surface area contributed by atoms with Crippen molar-refractivity contribution in [3.8, 4) is 0 Å². The number of alkyl halides is 3. The second-order valence-electron chi connectivity index (χ2n) is 7.49. The summed E-state index contributed by atoms with van der Waals surface area (Å²) in [7, 11) is 1.97. The number of carbonyl (C=O) groups excluding carboxylic acids is 1. The summed E-state index contributed by atoms with van der Waals surface area (Å²) in [6.45, 7) is 2.54. The third-order valence-electron chi connectivity index (χ3n) is 5.53. The summed E-state index contributed by atoms with van der Waals surface area (Å²) in [6.07, 6.45) is -3.40. The highest BCUT2D eigenvalue weighted by Gasteiger charge is 2.47. The Morgan fingerprint density at radius 3 is 2.45 bits per heavy atom. The smallest absolute Gasteiger partial charge is 0.363 e. The molecular weight excluding hydrogens is 451 g/mol. The van der Waals surface area contributed by atoms with Crippen molar-refractivity contribution in [1.29, 1.82) is 0 Å². The molecule has 0 aliphatic carbocycles. The van der Waals surface area contributed by atoms with E-state index in [0.717, 1.165) is 27.8 Å². The Kier molecular flexibility index (Phi) is 5.32. The van der Waals surface area contributed by atoms with Gasteiger partial charge < -0.3 is 15.1 Å². The average Bonchev–Trinajstić information content (AvgIpc) is 3.11. The van der Waals surface area contributed by atoms with Gasteiger partial charge in [0, 0.05) is 37.1 Å². The molecule has 2 aromatic rings. The zero-order valence-corrected chi connectivity index (χ0v) is 17.4. The number of carbonyl (C=O) groups is 1. The highest BCUT2D eigenvalue weighted by molar-refractivity contribution is 9.10. The van der Waals surface area contributed by atoms with Crippen LogP contribution < -0.4 is 5.32 Å². The van der Waals surface area contributed by atoms with Gasteiger partial charge in [-0.15, -0.1) is 0 Å². The Morgan fingerprint density at radius 2 is 1.83 bits per heavy atom. The first-order valence-electron chi connectivity index (χ1n) is 9.38. The molecule has 29 heavy (non-hydrogen) atoms. The van der Waals surface area contributed by atoms with Gasteiger partial charge in [0.2, 0.25) is 0 Å². The van der Waals surface area contributed by atoms with Crippen LogP contribution in [0.4, 0.5) is 19.0 Å². The van der Waals surface area contributed by atoms with Gasteiger partial charge in [0.05, 0.1) is 12.2 Å². The third kappa shape index (κ3) is 4.00. The zero-order valence-electron chi connectivity index (χ0n) is 15.8. The Hall–Kier alpha value is -2.07. The Bertz CT molecular complexity index is 890. The lowest BCUT2D eigenvalue weighted by atomic mass is 9.96. The van der Waals surface area contributed by atoms with Gasteiger partial charge in [0.15, 0.2) is 6.04 Å². The van der Waals surface area contributed by atoms with E-state index >= 15 is 0 Å². The molecule has 1 aromatic heterocycles. The fraction of sp³-hybridized carbons (Fsp3) is 0.474. The molecule has 156 valence electrons. The van der Waals surface area contributed by atoms with Crippen LogP contribution in [0.25, 0.3) is 0 Å². The number of hydrogen-bond acceptors (Lipinski definition) is 4. The van der Waals surface area contributed by atoms with Gasteiger partial charge >= 0.3 is 6.18 Å². The summed E-state index contributed by atoms with van der Waals surface area (Å²) < 4.78 is 43.1. The van der Waals surface area contributed by atoms with E-state index in [4.69, 9.17) is 0 Å². The van der Waals surface area contributed by atoms with Crippen LogP contribution in [0.5, 0.6) is 0 Å². The number of nitrogens with zero attached hydrogens (tertiary/aromatic N) is 4. The molecule has 3 heterocycles. The molecule has 1 aromatic carbocycles. The molecule has 0 bridgehead atoms. The number of aromatic nitrogens is 2. The molecule has 1 N–H and O–H groups in total. The maximum Gasteiger partial charge on any atom is 0.410 e. The van der Waals surface area contributed by atoms with E-state index < -0.39 is 18.3 Å². The molecule has 1 fully saturated rings. The summed E-state index contributed by atoms with van der Waals surface area (Å²) in [4.78, 5) is 16.8. The minimum Gasteiger partial charge on any atom is -0.363 e. The predicted molar refractivity (Wildman–Crippen MR) is 106 cm³/mol. The normalized spacial score (nSPS) is 22.9. The number of likely N-dealkylation sites (N-methyl/N-ethyl adjacent to an activating group) is 1. The standard InChI is InChI=1S/C19H21BrF3N5O/c1-26-6-8-27(9-7-26)18(29)14-11-24-28-16(19(21,22)23)10-15(25-17(14)28)12-2-4-13(20)5-3-12/h2-5,11,15-16,25H,6-10H2,1H3/t15-,16+/m0/s1. The topological polar surface area (TPSA) is 53.4 Å². The summed E-state index contributed by atoms with van der Waals surface area (Å²) in [6, 6.07) is 4.79. The molecule has 6 nitrogen and oxygen atoms in total. The summed E-state index contributed by atoms with van der Waals surface area (Å²) in [5, 5.41) is 7.09. The average molecular weight is 472 g/mol. The lowest BCUT2D eigenvalue weighted by Crippen LogP contribution is -2.47. The zero-order chi connectivity index (χ0) is 20.8. The number of fused-ring (bicyclic) bond motifs is 1. The van der Waals surface area contributed by atoms with Gasteiger partial charge in [-0.1, -0.05) is 28.1 Å². The second kappa shape index (κ2) is 7.64. The Balaban J connectivity index is 1.68. The van der Waals surface area contributed by atoms with E-state index in [9.17, 15) is 18.0 Å². The van der Waals surface area contributed by atoms with Crippen LogP contribution in [0.3, 0.4) is 0 Å². The van der Waals surface area contributed by atoms with Crippen molar-refractivity contribution in [2.75, 3.05) is 38.5 Å². The van der Waals surface area contributed by atoms with E-state index in [1.807, 2.05) is 7.05 Å². The van der Waals surface area contributed by atoms with Crippen molar-refractivity contribution < 1.29 is 18.0 Å². The van der Waals surface area contributed by atoms with E-state index in [-0.39, 0.29) is 23.7 Å². The molecule has 0 saturated carbocycles. The molecule has 2 atom stereocenters. The monoisotopic (exact) mass is 471 g/mol. The SMILES string of the molecule is CN1CCN(C(=O)c2cnn3c2N[C@H](c2ccc(Br)cc2)C[C@@H]3C(F)(F)F)CC1. The third-order valence-corrected chi connectivity index (χ3v) is 6.06. The van der Waals surface area contributed by atoms with Crippen molar-refractivity contribution in [3.63, 3.8) is 0 Å². The quantitative estimate of drug-likeness (QED) is 0.725. The molecule has 1 amide bonds. The Morgan fingerprint density at radius 1 is 1.17 bits per heavy atom. The molecular formula is C19H21BrF3N5O. The van der Waals surface area contributed by atoms with Crippen molar-refractivity contribution >= 4 is 27.7 Å². The number of rotatable bonds is 2. The van der Waals surface area contributed by atoms with Crippen LogP contribution >= 0.6 is 15.9 Å². The van der Waals surface area contributed by atoms with Crippen LogP contribution in [0.1, 0.15) is 34.4 Å². The van der Waals surface area contributed by atoms with Crippen molar-refractivity contribution in [1.82, 2.24) is 19.6 Å². The summed E-state index contributed by atoms with van der Waals surface area (Å²) in [5.41, 5.74) is 0.915. The molecule has 0 spiro atoms. The first-order chi connectivity index (χ1) is 13.7. The second-order valence-corrected chi connectivity index (χ2v) is 8.40. The number of hydrogen-bond donors (Lipinski definition) is 1. The van der Waals surface area contributed by atoms with E-state index in [1.54, 1.807) is 29.2 Å². The first-order valence-corrected chi connectivity index (χ1v) is 10.2. The van der Waals surface area contributed by atoms with Gasteiger partial charge in [0.1, 0.15) is 11.4 Å². The summed E-state index contributed by atoms with van der Waals surface area (Å²) in [5.74, 6) is -0.153. The van der Waals surface area contributed by atoms with Gasteiger partial charge in [-0.05, 0) is 24.7 Å². The number of halogens is 4. The maximum absolute atomic E-state index is 13.8. The van der Waals surface area contributed by atoms with Gasteiger partial charge in [-0.3, -0.25) is 4.79 Å². The number of amides is 1. The molecule has 10 heteroatoms. The number of anilines is 1. The molecule has 0 unspecified atom stereocenters. The highest BCUT2D eigenvalue weighted by atomic mass is 79.9. The maximum atomic E-state index is 13.8. The van der Waals surface area contributed by atoms with Crippen LogP contribution in [0.15, 0.2) is 34.9 Å². The predicted octanol–water partition coefficient (Wildman–Crippen LogP) is 3.69. The van der Waals surface area contributed by atoms with Crippen LogP contribution in [-0.4, -0.2) is 64.9 Å². The number of nitrogens with one attached hydrogen (secondary N) is 1. The van der Waals surface area contributed by atoms with Gasteiger partial charge in [0.25, 0.3) is 5.91 Å². The lowest BCUT2D eigenvalue weighted by Gasteiger charge is -2.35. The molecule has 1 saturated heterocycles. The summed E-state index contributed by atoms with van der Waals surface area (Å²) >= 11 is 3.34. The molecule has 0 radical (unpaired) electrons. The highest BCUT2D eigenvalue weighted by Crippen LogP contribution is 2.44. The first kappa shape index (κ1) is 20.2. The number of benzene rings is 1. The van der Waals surface area contributed by atoms with E-state index in [2.05, 4.69) is 31.2 Å². The van der Waals surface area contributed by atoms with Crippen LogP contribution in [0, 0.1) is 0 Å². The molecule has 2 aliphatic heterocycles. The Labute approximate surface area is 174 Å². The minimum atomic E-state index is -4.47. The van der Waals surface area contributed by atoms with Gasteiger partial charge in [-0.2, -0.15) is 18.3 Å². The lowest BCUT2D eigenvalue weighted by molar-refractivity contribution is -0.173. The largest absolute Gasteiger partial charge is 0.410 e. The van der Waals surface area contributed by atoms with Crippen molar-refractivity contribution in [2.45, 2.75) is 24.7 Å². The van der Waals surface area contributed by atoms with E-state index in [1.165, 1.54) is 6.20 Å². The minimum absolute atomic E-state index is 0.135. The molecule has 2 aliphatic rings. The van der Waals surface area contributed by atoms with Crippen molar-refractivity contribution in [2.24, 2.45) is 0 Å². The van der Waals surface area contributed by atoms with Crippen LogP contribution in [0.2, 0.25) is 0 Å². The fourth-order valence-corrected chi connectivity index (χ4v) is 4.08.